The molecule has 4 heteroatoms. The van der Waals surface area contributed by atoms with Gasteiger partial charge in [-0.1, -0.05) is 13.8 Å². The van der Waals surface area contributed by atoms with Crippen molar-refractivity contribution in [3.8, 4) is 0 Å². The van der Waals surface area contributed by atoms with Crippen LogP contribution >= 0.6 is 0 Å². The quantitative estimate of drug-likeness (QED) is 0.790. The van der Waals surface area contributed by atoms with Gasteiger partial charge in [0.2, 0.25) is 0 Å². The average molecular weight is 253 g/mol. The topological polar surface area (TPSA) is 32.5 Å². The largest absolute Gasteiger partial charge is 0.399 e. The van der Waals surface area contributed by atoms with Crippen LogP contribution in [0.3, 0.4) is 0 Å². The van der Waals surface area contributed by atoms with Crippen LogP contribution in [0.4, 0.5) is 15.8 Å². The van der Waals surface area contributed by atoms with Gasteiger partial charge in [-0.3, -0.25) is 0 Å². The van der Waals surface area contributed by atoms with Crippen molar-refractivity contribution in [2.24, 2.45) is 5.92 Å². The number of anilines is 2. The van der Waals surface area contributed by atoms with E-state index < -0.39 is 0 Å². The van der Waals surface area contributed by atoms with E-state index in [2.05, 4.69) is 23.6 Å². The summed E-state index contributed by atoms with van der Waals surface area (Å²) in [5.74, 6) is 0.250. The van der Waals surface area contributed by atoms with Crippen LogP contribution in [0.25, 0.3) is 0 Å². The maximum absolute atomic E-state index is 13.4. The van der Waals surface area contributed by atoms with E-state index in [0.29, 0.717) is 11.6 Å². The fourth-order valence-corrected chi connectivity index (χ4v) is 1.87. The van der Waals surface area contributed by atoms with E-state index in [9.17, 15) is 4.39 Å². The second kappa shape index (κ2) is 6.59. The minimum atomic E-state index is -0.274. The molecule has 0 radical (unpaired) electrons. The van der Waals surface area contributed by atoms with Gasteiger partial charge in [0.25, 0.3) is 0 Å². The van der Waals surface area contributed by atoms with Crippen LogP contribution in [0.5, 0.6) is 0 Å². The fourth-order valence-electron chi connectivity index (χ4n) is 1.87. The van der Waals surface area contributed by atoms with E-state index >= 15 is 0 Å². The first-order valence-corrected chi connectivity index (χ1v) is 6.34. The fraction of sp³-hybridized carbons (Fsp3) is 0.571. The van der Waals surface area contributed by atoms with Crippen LogP contribution in [0.1, 0.15) is 13.8 Å². The van der Waals surface area contributed by atoms with E-state index in [1.807, 2.05) is 20.2 Å². The summed E-state index contributed by atoms with van der Waals surface area (Å²) in [5.41, 5.74) is 7.05. The summed E-state index contributed by atoms with van der Waals surface area (Å²) >= 11 is 0. The van der Waals surface area contributed by atoms with Gasteiger partial charge >= 0.3 is 0 Å². The van der Waals surface area contributed by atoms with Gasteiger partial charge in [0.1, 0.15) is 5.82 Å². The molecule has 0 atom stereocenters. The van der Waals surface area contributed by atoms with E-state index in [4.69, 9.17) is 5.73 Å². The highest BCUT2D eigenvalue weighted by atomic mass is 19.1. The molecule has 2 N–H and O–H groups in total. The third-order valence-corrected chi connectivity index (χ3v) is 2.67. The van der Waals surface area contributed by atoms with Crippen molar-refractivity contribution < 1.29 is 4.39 Å². The Labute approximate surface area is 109 Å². The molecule has 0 spiro atoms. The standard InChI is InChI=1S/C14H24FN3/c1-11(2)10-18(6-5-17(3)4)14-8-12(15)7-13(16)9-14/h7-9,11H,5-6,10,16H2,1-4H3. The van der Waals surface area contributed by atoms with Gasteiger partial charge in [-0.05, 0) is 38.2 Å². The summed E-state index contributed by atoms with van der Waals surface area (Å²) in [6.45, 7) is 7.02. The molecule has 1 aromatic carbocycles. The molecule has 3 nitrogen and oxygen atoms in total. The van der Waals surface area contributed by atoms with Crippen molar-refractivity contribution in [2.45, 2.75) is 13.8 Å². The molecular formula is C14H24FN3. The van der Waals surface area contributed by atoms with Crippen LogP contribution in [0.15, 0.2) is 18.2 Å². The van der Waals surface area contributed by atoms with Crippen molar-refractivity contribution in [3.05, 3.63) is 24.0 Å². The number of hydrogen-bond acceptors (Lipinski definition) is 3. The van der Waals surface area contributed by atoms with Crippen molar-refractivity contribution in [1.29, 1.82) is 0 Å². The Bertz CT molecular complexity index is 357. The molecule has 1 rings (SSSR count). The van der Waals surface area contributed by atoms with Crippen LogP contribution < -0.4 is 10.6 Å². The second-order valence-electron chi connectivity index (χ2n) is 5.39. The molecule has 102 valence electrons. The van der Waals surface area contributed by atoms with Gasteiger partial charge < -0.3 is 15.5 Å². The first kappa shape index (κ1) is 14.8. The van der Waals surface area contributed by atoms with E-state index in [-0.39, 0.29) is 5.82 Å². The third-order valence-electron chi connectivity index (χ3n) is 2.67. The molecule has 0 fully saturated rings. The van der Waals surface area contributed by atoms with Crippen molar-refractivity contribution >= 4 is 11.4 Å². The predicted octanol–water partition coefficient (Wildman–Crippen LogP) is 2.43. The Kier molecular flexibility index (Phi) is 5.41. The maximum atomic E-state index is 13.4. The normalized spacial score (nSPS) is 11.3. The number of hydrogen-bond donors (Lipinski definition) is 1. The molecule has 0 aliphatic heterocycles. The Hall–Kier alpha value is -1.29. The van der Waals surface area contributed by atoms with Crippen LogP contribution in [0.2, 0.25) is 0 Å². The van der Waals surface area contributed by atoms with Crippen LogP contribution in [-0.4, -0.2) is 38.6 Å². The lowest BCUT2D eigenvalue weighted by Crippen LogP contribution is -2.34. The van der Waals surface area contributed by atoms with Crippen molar-refractivity contribution in [3.63, 3.8) is 0 Å². The van der Waals surface area contributed by atoms with Gasteiger partial charge in [0.05, 0.1) is 0 Å². The van der Waals surface area contributed by atoms with Gasteiger partial charge in [-0.25, -0.2) is 4.39 Å². The number of rotatable bonds is 6. The van der Waals surface area contributed by atoms with Crippen LogP contribution in [0, 0.1) is 11.7 Å². The Morgan fingerprint density at radius 1 is 1.17 bits per heavy atom. The molecule has 18 heavy (non-hydrogen) atoms. The molecule has 0 aliphatic rings. The maximum Gasteiger partial charge on any atom is 0.127 e. The number of nitrogens with two attached hydrogens (primary N) is 1. The highest BCUT2D eigenvalue weighted by molar-refractivity contribution is 5.56. The monoisotopic (exact) mass is 253 g/mol. The number of nitrogens with zero attached hydrogens (tertiary/aromatic N) is 2. The zero-order chi connectivity index (χ0) is 13.7. The molecule has 0 aliphatic carbocycles. The predicted molar refractivity (Wildman–Crippen MR) is 76.4 cm³/mol. The zero-order valence-corrected chi connectivity index (χ0v) is 11.8. The SMILES string of the molecule is CC(C)CN(CCN(C)C)c1cc(N)cc(F)c1. The molecule has 0 heterocycles. The molecule has 0 bridgehead atoms. The molecule has 0 saturated heterocycles. The Morgan fingerprint density at radius 2 is 1.83 bits per heavy atom. The first-order chi connectivity index (χ1) is 8.38. The number of benzene rings is 1. The molecular weight excluding hydrogens is 229 g/mol. The Morgan fingerprint density at radius 3 is 2.33 bits per heavy atom. The number of likely N-dealkylation sites (N-methyl/N-ethyl adjacent to an activating group) is 1. The lowest BCUT2D eigenvalue weighted by molar-refractivity contribution is 0.409. The minimum Gasteiger partial charge on any atom is -0.399 e. The highest BCUT2D eigenvalue weighted by Crippen LogP contribution is 2.21. The summed E-state index contributed by atoms with van der Waals surface area (Å²) in [7, 11) is 4.07. The van der Waals surface area contributed by atoms with E-state index in [0.717, 1.165) is 25.3 Å². The van der Waals surface area contributed by atoms with E-state index in [1.54, 1.807) is 6.07 Å². The lowest BCUT2D eigenvalue weighted by Gasteiger charge is -2.28. The minimum absolute atomic E-state index is 0.274. The molecule has 0 unspecified atom stereocenters. The smallest absolute Gasteiger partial charge is 0.127 e. The summed E-state index contributed by atoms with van der Waals surface area (Å²) in [5, 5.41) is 0. The molecule has 0 saturated carbocycles. The zero-order valence-electron chi connectivity index (χ0n) is 11.8. The summed E-state index contributed by atoms with van der Waals surface area (Å²) in [6.07, 6.45) is 0. The average Bonchev–Trinajstić information content (AvgIpc) is 2.22. The molecule has 1 aromatic rings. The highest BCUT2D eigenvalue weighted by Gasteiger charge is 2.10. The van der Waals surface area contributed by atoms with Crippen molar-refractivity contribution in [1.82, 2.24) is 4.90 Å². The van der Waals surface area contributed by atoms with Crippen molar-refractivity contribution in [2.75, 3.05) is 44.4 Å². The molecule has 0 amide bonds. The summed E-state index contributed by atoms with van der Waals surface area (Å²) in [4.78, 5) is 4.31. The Balaban J connectivity index is 2.86. The van der Waals surface area contributed by atoms with E-state index in [1.165, 1.54) is 6.07 Å². The van der Waals surface area contributed by atoms with Gasteiger partial charge in [0.15, 0.2) is 0 Å². The molecule has 0 aromatic heterocycles. The first-order valence-electron chi connectivity index (χ1n) is 6.34. The number of nitrogen functional groups attached to an aromatic ring is 1. The lowest BCUT2D eigenvalue weighted by atomic mass is 10.1. The number of halogens is 1. The van der Waals surface area contributed by atoms with Gasteiger partial charge in [-0.2, -0.15) is 0 Å². The van der Waals surface area contributed by atoms with Gasteiger partial charge in [-0.15, -0.1) is 0 Å². The van der Waals surface area contributed by atoms with Gasteiger partial charge in [0, 0.05) is 31.0 Å². The van der Waals surface area contributed by atoms with Crippen LogP contribution in [-0.2, 0) is 0 Å². The third kappa shape index (κ3) is 4.92. The summed E-state index contributed by atoms with van der Waals surface area (Å²) in [6, 6.07) is 4.73. The summed E-state index contributed by atoms with van der Waals surface area (Å²) < 4.78 is 13.4. The second-order valence-corrected chi connectivity index (χ2v) is 5.39.